The van der Waals surface area contributed by atoms with Crippen LogP contribution in [-0.4, -0.2) is 36.9 Å². The van der Waals surface area contributed by atoms with Crippen LogP contribution in [0.2, 0.25) is 0 Å². The van der Waals surface area contributed by atoms with Crippen molar-refractivity contribution in [1.82, 2.24) is 10.6 Å². The van der Waals surface area contributed by atoms with Gasteiger partial charge < -0.3 is 15.5 Å². The molecule has 0 aromatic heterocycles. The molecule has 1 aromatic carbocycles. The first kappa shape index (κ1) is 16.5. The van der Waals surface area contributed by atoms with Crippen LogP contribution in [0.5, 0.6) is 0 Å². The Balaban J connectivity index is 1.52. The fourth-order valence-corrected chi connectivity index (χ4v) is 2.86. The van der Waals surface area contributed by atoms with Gasteiger partial charge in [0.2, 0.25) is 17.7 Å². The highest BCUT2D eigenvalue weighted by Gasteiger charge is 2.35. The van der Waals surface area contributed by atoms with Crippen LogP contribution in [0.15, 0.2) is 24.3 Å². The Morgan fingerprint density at radius 2 is 1.92 bits per heavy atom. The number of carbonyl (C=O) groups excluding carboxylic acids is 3. The Kier molecular flexibility index (Phi) is 4.83. The van der Waals surface area contributed by atoms with E-state index in [9.17, 15) is 14.4 Å². The van der Waals surface area contributed by atoms with Crippen molar-refractivity contribution in [2.24, 2.45) is 5.92 Å². The third-order valence-corrected chi connectivity index (χ3v) is 4.52. The molecule has 1 atom stereocenters. The van der Waals surface area contributed by atoms with E-state index in [0.717, 1.165) is 24.9 Å². The maximum Gasteiger partial charge on any atom is 0.239 e. The van der Waals surface area contributed by atoms with Crippen LogP contribution in [0.3, 0.4) is 0 Å². The van der Waals surface area contributed by atoms with E-state index in [1.54, 1.807) is 4.90 Å². The molecule has 1 aliphatic heterocycles. The van der Waals surface area contributed by atoms with E-state index in [1.807, 2.05) is 24.3 Å². The highest BCUT2D eigenvalue weighted by Crippen LogP contribution is 2.25. The van der Waals surface area contributed by atoms with Gasteiger partial charge >= 0.3 is 0 Å². The zero-order chi connectivity index (χ0) is 17.1. The largest absolute Gasteiger partial charge is 0.352 e. The fourth-order valence-electron chi connectivity index (χ4n) is 2.86. The van der Waals surface area contributed by atoms with E-state index in [-0.39, 0.29) is 36.7 Å². The lowest BCUT2D eigenvalue weighted by molar-refractivity contribution is -0.129. The molecule has 0 unspecified atom stereocenters. The van der Waals surface area contributed by atoms with E-state index in [2.05, 4.69) is 17.6 Å². The van der Waals surface area contributed by atoms with Gasteiger partial charge in [0, 0.05) is 24.7 Å². The highest BCUT2D eigenvalue weighted by atomic mass is 16.2. The lowest BCUT2D eigenvalue weighted by Gasteiger charge is -2.17. The lowest BCUT2D eigenvalue weighted by atomic mass is 10.1. The number of carbonyl (C=O) groups is 3. The van der Waals surface area contributed by atoms with Crippen LogP contribution in [-0.2, 0) is 20.8 Å². The summed E-state index contributed by atoms with van der Waals surface area (Å²) >= 11 is 0. The monoisotopic (exact) mass is 329 g/mol. The van der Waals surface area contributed by atoms with E-state index in [4.69, 9.17) is 0 Å². The topological polar surface area (TPSA) is 78.5 Å². The predicted octanol–water partition coefficient (Wildman–Crippen LogP) is 0.997. The van der Waals surface area contributed by atoms with Gasteiger partial charge in [-0.3, -0.25) is 14.4 Å². The second-order valence-corrected chi connectivity index (χ2v) is 6.48. The summed E-state index contributed by atoms with van der Waals surface area (Å²) in [6.07, 6.45) is 3.17. The number of aryl methyl sites for hydroxylation is 1. The molecule has 1 aliphatic carbocycles. The second-order valence-electron chi connectivity index (χ2n) is 6.48. The molecule has 1 heterocycles. The van der Waals surface area contributed by atoms with Crippen molar-refractivity contribution in [3.63, 3.8) is 0 Å². The molecule has 0 radical (unpaired) electrons. The summed E-state index contributed by atoms with van der Waals surface area (Å²) in [5.74, 6) is -0.858. The van der Waals surface area contributed by atoms with Crippen LogP contribution in [0.25, 0.3) is 0 Å². The predicted molar refractivity (Wildman–Crippen MR) is 90.5 cm³/mol. The Morgan fingerprint density at radius 3 is 2.54 bits per heavy atom. The molecule has 128 valence electrons. The number of anilines is 1. The first-order chi connectivity index (χ1) is 11.6. The van der Waals surface area contributed by atoms with Gasteiger partial charge in [0.25, 0.3) is 0 Å². The minimum Gasteiger partial charge on any atom is -0.352 e. The maximum absolute atomic E-state index is 12.2. The number of hydrogen-bond donors (Lipinski definition) is 2. The summed E-state index contributed by atoms with van der Waals surface area (Å²) in [7, 11) is 0. The number of nitrogens with one attached hydrogen (secondary N) is 2. The van der Waals surface area contributed by atoms with Crippen molar-refractivity contribution in [3.05, 3.63) is 29.8 Å². The smallest absolute Gasteiger partial charge is 0.239 e. The third-order valence-electron chi connectivity index (χ3n) is 4.52. The second kappa shape index (κ2) is 7.03. The molecular formula is C18H23N3O3. The molecule has 6 heteroatoms. The Bertz CT molecular complexity index is 637. The number of amides is 3. The van der Waals surface area contributed by atoms with Crippen molar-refractivity contribution in [2.45, 2.75) is 38.6 Å². The third kappa shape index (κ3) is 3.93. The summed E-state index contributed by atoms with van der Waals surface area (Å²) in [5.41, 5.74) is 2.03. The molecule has 2 fully saturated rings. The zero-order valence-corrected chi connectivity index (χ0v) is 13.9. The van der Waals surface area contributed by atoms with Gasteiger partial charge in [-0.2, -0.15) is 0 Å². The fraction of sp³-hybridized carbons (Fsp3) is 0.500. The van der Waals surface area contributed by atoms with Crippen molar-refractivity contribution in [1.29, 1.82) is 0 Å². The van der Waals surface area contributed by atoms with Crippen LogP contribution >= 0.6 is 0 Å². The lowest BCUT2D eigenvalue weighted by Crippen LogP contribution is -2.40. The Morgan fingerprint density at radius 1 is 1.21 bits per heavy atom. The molecule has 6 nitrogen and oxygen atoms in total. The van der Waals surface area contributed by atoms with Gasteiger partial charge in [-0.25, -0.2) is 0 Å². The normalized spacial score (nSPS) is 20.1. The molecule has 24 heavy (non-hydrogen) atoms. The SMILES string of the molecule is CCc1ccc(N2C[C@@H](C(=O)NCC(=O)NC3CC3)CC2=O)cc1. The van der Waals surface area contributed by atoms with Gasteiger partial charge in [0.05, 0.1) is 12.5 Å². The van der Waals surface area contributed by atoms with E-state index < -0.39 is 5.92 Å². The van der Waals surface area contributed by atoms with Gasteiger partial charge in [-0.05, 0) is 37.0 Å². The molecule has 1 saturated carbocycles. The van der Waals surface area contributed by atoms with Crippen LogP contribution < -0.4 is 15.5 Å². The van der Waals surface area contributed by atoms with Crippen molar-refractivity contribution in [2.75, 3.05) is 18.0 Å². The summed E-state index contributed by atoms with van der Waals surface area (Å²) in [4.78, 5) is 37.7. The number of nitrogens with zero attached hydrogens (tertiary/aromatic N) is 1. The molecule has 3 rings (SSSR count). The van der Waals surface area contributed by atoms with E-state index >= 15 is 0 Å². The average molecular weight is 329 g/mol. The van der Waals surface area contributed by atoms with Gasteiger partial charge in [-0.1, -0.05) is 19.1 Å². The Hall–Kier alpha value is -2.37. The minimum absolute atomic E-state index is 0.0226. The molecule has 1 aromatic rings. The van der Waals surface area contributed by atoms with Crippen LogP contribution in [0, 0.1) is 5.92 Å². The Labute approximate surface area is 141 Å². The van der Waals surface area contributed by atoms with Crippen LogP contribution in [0.1, 0.15) is 31.7 Å². The van der Waals surface area contributed by atoms with Gasteiger partial charge in [0.15, 0.2) is 0 Å². The zero-order valence-electron chi connectivity index (χ0n) is 13.9. The number of hydrogen-bond acceptors (Lipinski definition) is 3. The van der Waals surface area contributed by atoms with Crippen LogP contribution in [0.4, 0.5) is 5.69 Å². The van der Waals surface area contributed by atoms with Gasteiger partial charge in [-0.15, -0.1) is 0 Å². The standard InChI is InChI=1S/C18H23N3O3/c1-2-12-3-7-15(8-4-12)21-11-13(9-17(21)23)18(24)19-10-16(22)20-14-5-6-14/h3-4,7-8,13-14H,2,5-6,9-11H2,1H3,(H,19,24)(H,20,22)/t13-/m0/s1. The van der Waals surface area contributed by atoms with Crippen molar-refractivity contribution < 1.29 is 14.4 Å². The minimum atomic E-state index is -0.405. The molecule has 0 bridgehead atoms. The van der Waals surface area contributed by atoms with Gasteiger partial charge in [0.1, 0.15) is 0 Å². The molecule has 0 spiro atoms. The highest BCUT2D eigenvalue weighted by molar-refractivity contribution is 6.00. The summed E-state index contributed by atoms with van der Waals surface area (Å²) in [6.45, 7) is 2.42. The number of rotatable bonds is 6. The summed E-state index contributed by atoms with van der Waals surface area (Å²) in [6, 6.07) is 8.11. The summed E-state index contributed by atoms with van der Waals surface area (Å²) < 4.78 is 0. The van der Waals surface area contributed by atoms with E-state index in [0.29, 0.717) is 6.54 Å². The molecule has 2 N–H and O–H groups in total. The first-order valence-electron chi connectivity index (χ1n) is 8.53. The maximum atomic E-state index is 12.2. The van der Waals surface area contributed by atoms with E-state index in [1.165, 1.54) is 5.56 Å². The number of benzene rings is 1. The molecule has 2 aliphatic rings. The quantitative estimate of drug-likeness (QED) is 0.817. The average Bonchev–Trinajstić information content (AvgIpc) is 3.31. The summed E-state index contributed by atoms with van der Waals surface area (Å²) in [5, 5.41) is 5.46. The molecule has 3 amide bonds. The molecular weight excluding hydrogens is 306 g/mol. The first-order valence-corrected chi connectivity index (χ1v) is 8.53. The van der Waals surface area contributed by atoms with Crippen molar-refractivity contribution in [3.8, 4) is 0 Å². The van der Waals surface area contributed by atoms with Crippen molar-refractivity contribution >= 4 is 23.4 Å². The molecule has 1 saturated heterocycles.